The summed E-state index contributed by atoms with van der Waals surface area (Å²) in [5.74, 6) is -0.789. The first-order chi connectivity index (χ1) is 17.7. The molecular weight excluding hydrogens is 444 g/mol. The van der Waals surface area contributed by atoms with Gasteiger partial charge < -0.3 is 9.47 Å². The Hall–Kier alpha value is -1.78. The van der Waals surface area contributed by atoms with E-state index >= 15 is 0 Å². The molecule has 0 aromatic heterocycles. The van der Waals surface area contributed by atoms with Crippen molar-refractivity contribution in [2.45, 2.75) is 135 Å². The summed E-state index contributed by atoms with van der Waals surface area (Å²) in [7, 11) is 0. The van der Waals surface area contributed by atoms with Crippen molar-refractivity contribution >= 4 is 5.69 Å². The highest BCUT2D eigenvalue weighted by atomic mass is 16.7. The van der Waals surface area contributed by atoms with Crippen molar-refractivity contribution in [3.8, 4) is 0 Å². The van der Waals surface area contributed by atoms with Gasteiger partial charge in [-0.2, -0.15) is 10.2 Å². The molecular formula is C32H52N2O2. The number of ether oxygens (including phenoxy) is 2. The highest BCUT2D eigenvalue weighted by molar-refractivity contribution is 5.35. The van der Waals surface area contributed by atoms with Crippen LogP contribution in [0.5, 0.6) is 0 Å². The van der Waals surface area contributed by atoms with Gasteiger partial charge in [0.15, 0.2) is 0 Å². The molecule has 0 amide bonds. The first kappa shape index (κ1) is 30.4. The monoisotopic (exact) mass is 496 g/mol. The summed E-state index contributed by atoms with van der Waals surface area (Å²) in [5, 5.41) is 8.84. The number of hydrogen-bond acceptors (Lipinski definition) is 4. The van der Waals surface area contributed by atoms with E-state index in [4.69, 9.17) is 9.47 Å². The summed E-state index contributed by atoms with van der Waals surface area (Å²) >= 11 is 0. The van der Waals surface area contributed by atoms with E-state index in [1.54, 1.807) is 0 Å². The molecule has 1 aliphatic rings. The largest absolute Gasteiger partial charge is 0.343 e. The summed E-state index contributed by atoms with van der Waals surface area (Å²) in [4.78, 5) is 0. The van der Waals surface area contributed by atoms with Gasteiger partial charge in [-0.05, 0) is 44.1 Å². The smallest absolute Gasteiger partial charge is 0.208 e. The molecule has 0 N–H and O–H groups in total. The molecule has 202 valence electrons. The topological polar surface area (TPSA) is 43.2 Å². The Morgan fingerprint density at radius 2 is 1.31 bits per heavy atom. The molecule has 0 radical (unpaired) electrons. The maximum atomic E-state index is 6.49. The van der Waals surface area contributed by atoms with Gasteiger partial charge in [-0.25, -0.2) is 0 Å². The minimum Gasteiger partial charge on any atom is -0.343 e. The number of nitrogens with zero attached hydrogens (tertiary/aromatic N) is 2. The lowest BCUT2D eigenvalue weighted by Gasteiger charge is -2.33. The molecule has 0 spiro atoms. The Kier molecular flexibility index (Phi) is 16.4. The number of unbranched alkanes of at least 4 members (excludes halogenated alkanes) is 12. The summed E-state index contributed by atoms with van der Waals surface area (Å²) < 4.78 is 12.9. The normalized spacial score (nSPS) is 20.4. The minimum absolute atomic E-state index is 0.0947. The van der Waals surface area contributed by atoms with Crippen LogP contribution in [-0.4, -0.2) is 24.5 Å². The molecule has 0 heterocycles. The quantitative estimate of drug-likeness (QED) is 0.0735. The number of hydrogen-bond donors (Lipinski definition) is 0. The molecule has 0 bridgehead atoms. The van der Waals surface area contributed by atoms with Gasteiger partial charge in [0.1, 0.15) is 6.04 Å². The van der Waals surface area contributed by atoms with Crippen LogP contribution in [0.2, 0.25) is 0 Å². The maximum Gasteiger partial charge on any atom is 0.208 e. The third-order valence-corrected chi connectivity index (χ3v) is 6.79. The van der Waals surface area contributed by atoms with E-state index < -0.39 is 5.79 Å². The zero-order valence-electron chi connectivity index (χ0n) is 23.4. The number of benzene rings is 1. The Balaban J connectivity index is 1.79. The molecule has 1 atom stereocenters. The average Bonchev–Trinajstić information content (AvgIpc) is 2.90. The molecule has 1 aliphatic carbocycles. The van der Waals surface area contributed by atoms with Crippen LogP contribution in [0.25, 0.3) is 0 Å². The van der Waals surface area contributed by atoms with Gasteiger partial charge in [-0.3, -0.25) is 0 Å². The van der Waals surface area contributed by atoms with Crippen molar-refractivity contribution in [2.24, 2.45) is 10.2 Å². The van der Waals surface area contributed by atoms with Crippen molar-refractivity contribution in [2.75, 3.05) is 6.61 Å². The van der Waals surface area contributed by atoms with Gasteiger partial charge in [0.05, 0.1) is 18.4 Å². The molecule has 36 heavy (non-hydrogen) atoms. The molecule has 2 rings (SSSR count). The third-order valence-electron chi connectivity index (χ3n) is 6.79. The van der Waals surface area contributed by atoms with Crippen LogP contribution in [0, 0.1) is 0 Å². The van der Waals surface area contributed by atoms with E-state index in [9.17, 15) is 0 Å². The fraction of sp³-hybridized carbons (Fsp3) is 0.688. The van der Waals surface area contributed by atoms with Crippen LogP contribution in [0.4, 0.5) is 5.69 Å². The predicted molar refractivity (Wildman–Crippen MR) is 153 cm³/mol. The molecule has 1 aromatic rings. The van der Waals surface area contributed by atoms with Gasteiger partial charge >= 0.3 is 0 Å². The Bertz CT molecular complexity index is 730. The van der Waals surface area contributed by atoms with Gasteiger partial charge in [-0.15, -0.1) is 0 Å². The van der Waals surface area contributed by atoms with Crippen LogP contribution < -0.4 is 0 Å². The fourth-order valence-electron chi connectivity index (χ4n) is 4.55. The first-order valence-corrected chi connectivity index (χ1v) is 14.8. The van der Waals surface area contributed by atoms with Crippen LogP contribution in [0.15, 0.2) is 64.9 Å². The zero-order chi connectivity index (χ0) is 25.7. The van der Waals surface area contributed by atoms with E-state index in [1.807, 2.05) is 42.5 Å². The van der Waals surface area contributed by atoms with Gasteiger partial charge in [-0.1, -0.05) is 128 Å². The van der Waals surface area contributed by atoms with Crippen LogP contribution in [0.3, 0.4) is 0 Å². The molecule has 4 heteroatoms. The van der Waals surface area contributed by atoms with E-state index in [0.717, 1.165) is 18.5 Å². The Morgan fingerprint density at radius 3 is 1.92 bits per heavy atom. The van der Waals surface area contributed by atoms with Crippen LogP contribution in [-0.2, 0) is 9.47 Å². The summed E-state index contributed by atoms with van der Waals surface area (Å²) in [5.41, 5.74) is 0.866. The van der Waals surface area contributed by atoms with Crippen molar-refractivity contribution in [3.63, 3.8) is 0 Å². The van der Waals surface area contributed by atoms with E-state index in [-0.39, 0.29) is 12.1 Å². The summed E-state index contributed by atoms with van der Waals surface area (Å²) in [6.07, 6.45) is 27.6. The Labute approximate surface area is 221 Å². The maximum absolute atomic E-state index is 6.49. The predicted octanol–water partition coefficient (Wildman–Crippen LogP) is 10.3. The minimum atomic E-state index is -0.789. The third kappa shape index (κ3) is 13.5. The average molecular weight is 497 g/mol. The lowest BCUT2D eigenvalue weighted by Crippen LogP contribution is -2.37. The molecule has 0 saturated carbocycles. The van der Waals surface area contributed by atoms with Crippen molar-refractivity contribution in [1.29, 1.82) is 0 Å². The lowest BCUT2D eigenvalue weighted by molar-refractivity contribution is -0.197. The molecule has 1 aromatic carbocycles. The fourth-order valence-corrected chi connectivity index (χ4v) is 4.55. The van der Waals surface area contributed by atoms with Crippen molar-refractivity contribution in [1.82, 2.24) is 0 Å². The van der Waals surface area contributed by atoms with Crippen LogP contribution in [0.1, 0.15) is 117 Å². The second kappa shape index (κ2) is 19.3. The second-order valence-electron chi connectivity index (χ2n) is 10.3. The second-order valence-corrected chi connectivity index (χ2v) is 10.3. The molecule has 4 nitrogen and oxygen atoms in total. The summed E-state index contributed by atoms with van der Waals surface area (Å²) in [6.45, 7) is 7.41. The highest BCUT2D eigenvalue weighted by Crippen LogP contribution is 2.27. The SMILES string of the molecule is CCCCCCCCCCCCOC1(OC(C)CCCCCC)C=CC(N=Nc2ccccc2)C=C1. The van der Waals surface area contributed by atoms with E-state index in [1.165, 1.54) is 83.5 Å². The number of rotatable bonds is 21. The van der Waals surface area contributed by atoms with Gasteiger partial charge in [0.2, 0.25) is 5.79 Å². The lowest BCUT2D eigenvalue weighted by atomic mass is 10.0. The standard InChI is InChI=1S/C32H52N2O2/c1-4-6-8-10-11-12-13-14-15-20-28-35-32(36-29(3)21-17-9-7-5-2)26-24-31(25-27-32)34-33-30-22-18-16-19-23-30/h16,18-19,22-27,29,31H,4-15,17,20-21,28H2,1-3H3. The number of azo groups is 1. The zero-order valence-corrected chi connectivity index (χ0v) is 23.4. The van der Waals surface area contributed by atoms with Crippen molar-refractivity contribution < 1.29 is 9.47 Å². The van der Waals surface area contributed by atoms with E-state index in [0.29, 0.717) is 6.61 Å². The van der Waals surface area contributed by atoms with Gasteiger partial charge in [0.25, 0.3) is 0 Å². The van der Waals surface area contributed by atoms with Crippen LogP contribution >= 0.6 is 0 Å². The van der Waals surface area contributed by atoms with Gasteiger partial charge in [0, 0.05) is 0 Å². The summed E-state index contributed by atoms with van der Waals surface area (Å²) in [6, 6.07) is 9.77. The molecule has 0 fully saturated rings. The van der Waals surface area contributed by atoms with E-state index in [2.05, 4.69) is 43.2 Å². The van der Waals surface area contributed by atoms with Crippen molar-refractivity contribution in [3.05, 3.63) is 54.6 Å². The molecule has 0 aliphatic heterocycles. The molecule has 0 saturated heterocycles. The molecule has 1 unspecified atom stereocenters. The first-order valence-electron chi connectivity index (χ1n) is 14.8. The highest BCUT2D eigenvalue weighted by Gasteiger charge is 2.31. The Morgan fingerprint density at radius 1 is 0.750 bits per heavy atom.